The Labute approximate surface area is 129 Å². The molecule has 2 heterocycles. The molecule has 0 radical (unpaired) electrons. The maximum atomic E-state index is 13.6. The highest BCUT2D eigenvalue weighted by molar-refractivity contribution is 5.37. The van der Waals surface area contributed by atoms with E-state index in [0.717, 1.165) is 43.4 Å². The molecule has 1 aliphatic carbocycles. The van der Waals surface area contributed by atoms with Crippen molar-refractivity contribution in [2.24, 2.45) is 0 Å². The van der Waals surface area contributed by atoms with Gasteiger partial charge in [-0.2, -0.15) is 5.10 Å². The number of halogens is 1. The largest absolute Gasteiger partial charge is 0.493 e. The van der Waals surface area contributed by atoms with E-state index in [-0.39, 0.29) is 11.9 Å². The van der Waals surface area contributed by atoms with Crippen molar-refractivity contribution in [3.05, 3.63) is 47.0 Å². The number of benzene rings is 1. The van der Waals surface area contributed by atoms with Crippen molar-refractivity contribution < 1.29 is 9.13 Å². The number of aromatic nitrogens is 2. The molecule has 2 aliphatic rings. The summed E-state index contributed by atoms with van der Waals surface area (Å²) in [5.41, 5.74) is 3.51. The van der Waals surface area contributed by atoms with Crippen LogP contribution in [-0.4, -0.2) is 22.8 Å². The highest BCUT2D eigenvalue weighted by atomic mass is 19.1. The summed E-state index contributed by atoms with van der Waals surface area (Å²) in [6.45, 7) is 0.702. The molecule has 0 saturated heterocycles. The van der Waals surface area contributed by atoms with Crippen LogP contribution < -0.4 is 10.1 Å². The van der Waals surface area contributed by atoms with Gasteiger partial charge in [0.2, 0.25) is 0 Å². The van der Waals surface area contributed by atoms with Gasteiger partial charge in [0.05, 0.1) is 12.8 Å². The van der Waals surface area contributed by atoms with Crippen LogP contribution in [-0.2, 0) is 12.8 Å². The number of ether oxygens (including phenoxy) is 1. The number of aryl methyl sites for hydroxylation is 1. The third kappa shape index (κ3) is 2.61. The van der Waals surface area contributed by atoms with Crippen LogP contribution in [0, 0.1) is 5.82 Å². The molecule has 0 saturated carbocycles. The maximum absolute atomic E-state index is 13.6. The smallest absolute Gasteiger partial charge is 0.124 e. The SMILES string of the molecule is Fc1ccc2c(c1)[C@@H](N[C@H]1CCc3[nH]ncc3C1)CCCO2. The van der Waals surface area contributed by atoms with Gasteiger partial charge in [-0.25, -0.2) is 4.39 Å². The van der Waals surface area contributed by atoms with E-state index >= 15 is 0 Å². The van der Waals surface area contributed by atoms with Crippen LogP contribution in [0.2, 0.25) is 0 Å². The van der Waals surface area contributed by atoms with Gasteiger partial charge in [0.15, 0.2) is 0 Å². The molecule has 2 N–H and O–H groups in total. The molecule has 0 unspecified atom stereocenters. The van der Waals surface area contributed by atoms with E-state index in [1.165, 1.54) is 17.3 Å². The molecule has 0 bridgehead atoms. The summed E-state index contributed by atoms with van der Waals surface area (Å²) in [6, 6.07) is 5.40. The molecule has 0 fully saturated rings. The molecule has 1 aromatic heterocycles. The van der Waals surface area contributed by atoms with Gasteiger partial charge < -0.3 is 10.1 Å². The Morgan fingerprint density at radius 2 is 2.27 bits per heavy atom. The molecular weight excluding hydrogens is 281 g/mol. The van der Waals surface area contributed by atoms with Gasteiger partial charge in [0, 0.05) is 23.3 Å². The molecule has 116 valence electrons. The van der Waals surface area contributed by atoms with Crippen LogP contribution in [0.1, 0.15) is 42.1 Å². The Morgan fingerprint density at radius 3 is 3.23 bits per heavy atom. The second kappa shape index (κ2) is 5.72. The lowest BCUT2D eigenvalue weighted by Gasteiger charge is -2.28. The zero-order valence-electron chi connectivity index (χ0n) is 12.4. The molecule has 2 aromatic rings. The second-order valence-electron chi connectivity index (χ2n) is 6.21. The zero-order valence-corrected chi connectivity index (χ0v) is 12.4. The fourth-order valence-corrected chi connectivity index (χ4v) is 3.56. The lowest BCUT2D eigenvalue weighted by molar-refractivity contribution is 0.313. The van der Waals surface area contributed by atoms with Crippen molar-refractivity contribution in [2.45, 2.75) is 44.2 Å². The summed E-state index contributed by atoms with van der Waals surface area (Å²) in [4.78, 5) is 0. The van der Waals surface area contributed by atoms with Crippen LogP contribution in [0.3, 0.4) is 0 Å². The van der Waals surface area contributed by atoms with E-state index < -0.39 is 0 Å². The Balaban J connectivity index is 1.55. The minimum absolute atomic E-state index is 0.159. The third-order valence-electron chi connectivity index (χ3n) is 4.70. The number of hydrogen-bond acceptors (Lipinski definition) is 3. The molecule has 2 atom stereocenters. The standard InChI is InChI=1S/C17H20FN3O/c18-12-3-6-17-14(9-12)16(2-1-7-22-17)20-13-4-5-15-11(8-13)10-19-21-15/h3,6,9-10,13,16,20H,1-2,4-5,7-8H2,(H,19,21)/t13-,16-/m0/s1. The summed E-state index contributed by atoms with van der Waals surface area (Å²) in [7, 11) is 0. The predicted molar refractivity (Wildman–Crippen MR) is 81.4 cm³/mol. The summed E-state index contributed by atoms with van der Waals surface area (Å²) < 4.78 is 19.4. The van der Waals surface area contributed by atoms with Gasteiger partial charge in [-0.1, -0.05) is 0 Å². The van der Waals surface area contributed by atoms with Crippen molar-refractivity contribution in [1.82, 2.24) is 15.5 Å². The van der Waals surface area contributed by atoms with Crippen molar-refractivity contribution in [3.8, 4) is 5.75 Å². The Bertz CT molecular complexity index is 670. The minimum Gasteiger partial charge on any atom is -0.493 e. The van der Waals surface area contributed by atoms with Gasteiger partial charge in [0.1, 0.15) is 11.6 Å². The summed E-state index contributed by atoms with van der Waals surface area (Å²) in [5, 5.41) is 10.9. The molecule has 4 nitrogen and oxygen atoms in total. The summed E-state index contributed by atoms with van der Waals surface area (Å²) in [6.07, 6.45) is 6.97. The molecule has 1 aliphatic heterocycles. The monoisotopic (exact) mass is 301 g/mol. The van der Waals surface area contributed by atoms with Crippen LogP contribution in [0.5, 0.6) is 5.75 Å². The number of nitrogens with one attached hydrogen (secondary N) is 2. The number of hydrogen-bond donors (Lipinski definition) is 2. The number of nitrogens with zero attached hydrogens (tertiary/aromatic N) is 1. The van der Waals surface area contributed by atoms with Gasteiger partial charge in [0.25, 0.3) is 0 Å². The van der Waals surface area contributed by atoms with Crippen LogP contribution in [0.25, 0.3) is 0 Å². The first-order chi connectivity index (χ1) is 10.8. The van der Waals surface area contributed by atoms with E-state index in [2.05, 4.69) is 15.5 Å². The van der Waals surface area contributed by atoms with Crippen LogP contribution >= 0.6 is 0 Å². The van der Waals surface area contributed by atoms with Gasteiger partial charge in [-0.05, 0) is 55.9 Å². The minimum atomic E-state index is -0.197. The third-order valence-corrected chi connectivity index (χ3v) is 4.70. The van der Waals surface area contributed by atoms with E-state index in [0.29, 0.717) is 12.6 Å². The second-order valence-corrected chi connectivity index (χ2v) is 6.21. The highest BCUT2D eigenvalue weighted by Gasteiger charge is 2.26. The van der Waals surface area contributed by atoms with E-state index in [4.69, 9.17) is 4.74 Å². The summed E-state index contributed by atoms with van der Waals surface area (Å²) >= 11 is 0. The molecule has 4 rings (SSSR count). The Kier molecular flexibility index (Phi) is 3.58. The first-order valence-electron chi connectivity index (χ1n) is 7.99. The fourth-order valence-electron chi connectivity index (χ4n) is 3.56. The fraction of sp³-hybridized carbons (Fsp3) is 0.471. The molecule has 0 spiro atoms. The van der Waals surface area contributed by atoms with Crippen LogP contribution in [0.4, 0.5) is 4.39 Å². The average molecular weight is 301 g/mol. The average Bonchev–Trinajstić information content (AvgIpc) is 2.90. The predicted octanol–water partition coefficient (Wildman–Crippen LogP) is 2.91. The van der Waals surface area contributed by atoms with Crippen molar-refractivity contribution in [2.75, 3.05) is 6.61 Å². The quantitative estimate of drug-likeness (QED) is 0.896. The topological polar surface area (TPSA) is 49.9 Å². The van der Waals surface area contributed by atoms with Crippen molar-refractivity contribution >= 4 is 0 Å². The van der Waals surface area contributed by atoms with Crippen molar-refractivity contribution in [1.29, 1.82) is 0 Å². The van der Waals surface area contributed by atoms with E-state index in [1.807, 2.05) is 6.20 Å². The number of aromatic amines is 1. The zero-order chi connectivity index (χ0) is 14.9. The lowest BCUT2D eigenvalue weighted by atomic mass is 9.91. The molecular formula is C17H20FN3O. The summed E-state index contributed by atoms with van der Waals surface area (Å²) in [5.74, 6) is 0.619. The number of rotatable bonds is 2. The van der Waals surface area contributed by atoms with Crippen molar-refractivity contribution in [3.63, 3.8) is 0 Å². The van der Waals surface area contributed by atoms with Gasteiger partial charge >= 0.3 is 0 Å². The van der Waals surface area contributed by atoms with Gasteiger partial charge in [-0.15, -0.1) is 0 Å². The van der Waals surface area contributed by atoms with E-state index in [1.54, 1.807) is 12.1 Å². The normalized spacial score (nSPS) is 24.0. The number of H-pyrrole nitrogens is 1. The first kappa shape index (κ1) is 13.8. The molecule has 22 heavy (non-hydrogen) atoms. The molecule has 0 amide bonds. The molecule has 5 heteroatoms. The Morgan fingerprint density at radius 1 is 1.32 bits per heavy atom. The maximum Gasteiger partial charge on any atom is 0.124 e. The highest BCUT2D eigenvalue weighted by Crippen LogP contribution is 2.33. The number of fused-ring (bicyclic) bond motifs is 2. The van der Waals surface area contributed by atoms with Crippen LogP contribution in [0.15, 0.2) is 24.4 Å². The lowest BCUT2D eigenvalue weighted by Crippen LogP contribution is -2.37. The molecule has 1 aromatic carbocycles. The van der Waals surface area contributed by atoms with Gasteiger partial charge in [-0.3, -0.25) is 5.10 Å². The first-order valence-corrected chi connectivity index (χ1v) is 7.99. The van der Waals surface area contributed by atoms with E-state index in [9.17, 15) is 4.39 Å². The Hall–Kier alpha value is -1.88.